The highest BCUT2D eigenvalue weighted by Crippen LogP contribution is 2.22. The third-order valence-corrected chi connectivity index (χ3v) is 4.61. The summed E-state index contributed by atoms with van der Waals surface area (Å²) in [6.07, 6.45) is 0. The van der Waals surface area contributed by atoms with Crippen molar-refractivity contribution in [1.29, 1.82) is 0 Å². The Morgan fingerprint density at radius 1 is 1.00 bits per heavy atom. The first-order chi connectivity index (χ1) is 11.5. The topological polar surface area (TPSA) is 35.6 Å². The van der Waals surface area contributed by atoms with E-state index in [1.807, 2.05) is 17.0 Å². The summed E-state index contributed by atoms with van der Waals surface area (Å²) in [5.41, 5.74) is 4.59. The van der Waals surface area contributed by atoms with Gasteiger partial charge in [0.2, 0.25) is 0 Å². The minimum absolute atomic E-state index is 0.0578. The van der Waals surface area contributed by atoms with Crippen LogP contribution in [0.1, 0.15) is 11.1 Å². The smallest absolute Gasteiger partial charge is 0.321 e. The summed E-state index contributed by atoms with van der Waals surface area (Å²) in [5.74, 6) is 0. The molecule has 0 unspecified atom stereocenters. The molecule has 0 saturated carbocycles. The Labute approximate surface area is 148 Å². The summed E-state index contributed by atoms with van der Waals surface area (Å²) in [6, 6.07) is 13.6. The van der Waals surface area contributed by atoms with Crippen molar-refractivity contribution in [3.63, 3.8) is 0 Å². The molecule has 1 aliphatic heterocycles. The summed E-state index contributed by atoms with van der Waals surface area (Å²) in [7, 11) is 0. The molecule has 4 nitrogen and oxygen atoms in total. The number of nitrogens with zero attached hydrogens (tertiary/aromatic N) is 2. The summed E-state index contributed by atoms with van der Waals surface area (Å²) in [4.78, 5) is 16.6. The van der Waals surface area contributed by atoms with Crippen molar-refractivity contribution in [3.05, 3.63) is 58.6 Å². The summed E-state index contributed by atoms with van der Waals surface area (Å²) in [6.45, 7) is 7.37. The van der Waals surface area contributed by atoms with Crippen LogP contribution < -0.4 is 10.2 Å². The van der Waals surface area contributed by atoms with Gasteiger partial charge in [0, 0.05) is 42.6 Å². The van der Waals surface area contributed by atoms with E-state index in [-0.39, 0.29) is 6.03 Å². The van der Waals surface area contributed by atoms with Crippen molar-refractivity contribution < 1.29 is 4.79 Å². The summed E-state index contributed by atoms with van der Waals surface area (Å²) < 4.78 is 0. The molecule has 1 fully saturated rings. The largest absolute Gasteiger partial charge is 0.368 e. The van der Waals surface area contributed by atoms with Crippen LogP contribution in [0.3, 0.4) is 0 Å². The second kappa shape index (κ2) is 7.14. The van der Waals surface area contributed by atoms with Crippen LogP contribution in [0, 0.1) is 13.8 Å². The molecule has 1 aliphatic rings. The number of hydrogen-bond acceptors (Lipinski definition) is 2. The van der Waals surface area contributed by atoms with E-state index in [2.05, 4.69) is 42.3 Å². The minimum atomic E-state index is -0.0578. The molecule has 0 bridgehead atoms. The van der Waals surface area contributed by atoms with Gasteiger partial charge in [0.05, 0.1) is 0 Å². The van der Waals surface area contributed by atoms with E-state index in [0.717, 1.165) is 18.8 Å². The fourth-order valence-corrected chi connectivity index (χ4v) is 3.17. The number of carbonyl (C=O) groups excluding carboxylic acids is 1. The third-order valence-electron chi connectivity index (χ3n) is 4.36. The molecule has 3 rings (SSSR count). The molecule has 24 heavy (non-hydrogen) atoms. The molecule has 1 N–H and O–H groups in total. The van der Waals surface area contributed by atoms with Crippen molar-refractivity contribution in [2.75, 3.05) is 36.4 Å². The maximum atomic E-state index is 12.4. The highest BCUT2D eigenvalue weighted by molar-refractivity contribution is 6.30. The van der Waals surface area contributed by atoms with Crippen molar-refractivity contribution in [2.45, 2.75) is 13.8 Å². The monoisotopic (exact) mass is 343 g/mol. The second-order valence-electron chi connectivity index (χ2n) is 6.20. The summed E-state index contributed by atoms with van der Waals surface area (Å²) in [5, 5.41) is 3.58. The van der Waals surface area contributed by atoms with Gasteiger partial charge in [-0.25, -0.2) is 4.79 Å². The number of urea groups is 1. The number of halogens is 1. The van der Waals surface area contributed by atoms with E-state index in [4.69, 9.17) is 11.6 Å². The highest BCUT2D eigenvalue weighted by atomic mass is 35.5. The predicted octanol–water partition coefficient (Wildman–Crippen LogP) is 4.31. The zero-order valence-corrected chi connectivity index (χ0v) is 14.8. The third kappa shape index (κ3) is 3.82. The van der Waals surface area contributed by atoms with E-state index in [0.29, 0.717) is 18.1 Å². The number of anilines is 2. The number of carbonyl (C=O) groups is 1. The Kier molecular flexibility index (Phi) is 4.95. The molecule has 1 saturated heterocycles. The van der Waals surface area contributed by atoms with Crippen LogP contribution in [-0.4, -0.2) is 37.1 Å². The lowest BCUT2D eigenvalue weighted by molar-refractivity contribution is 0.208. The van der Waals surface area contributed by atoms with Crippen LogP contribution in [0.5, 0.6) is 0 Å². The molecule has 2 aromatic carbocycles. The van der Waals surface area contributed by atoms with Crippen LogP contribution >= 0.6 is 11.6 Å². The van der Waals surface area contributed by atoms with Crippen molar-refractivity contribution in [1.82, 2.24) is 4.90 Å². The fourth-order valence-electron chi connectivity index (χ4n) is 3.05. The molecule has 5 heteroatoms. The van der Waals surface area contributed by atoms with Gasteiger partial charge in [-0.3, -0.25) is 0 Å². The predicted molar refractivity (Wildman–Crippen MR) is 100 cm³/mol. The highest BCUT2D eigenvalue weighted by Gasteiger charge is 2.22. The molecule has 0 radical (unpaired) electrons. The number of nitrogens with one attached hydrogen (secondary N) is 1. The van der Waals surface area contributed by atoms with Gasteiger partial charge in [0.15, 0.2) is 0 Å². The lowest BCUT2D eigenvalue weighted by Crippen LogP contribution is -2.50. The van der Waals surface area contributed by atoms with Crippen LogP contribution in [0.4, 0.5) is 16.2 Å². The van der Waals surface area contributed by atoms with Crippen LogP contribution in [0.2, 0.25) is 5.02 Å². The average Bonchev–Trinajstić information content (AvgIpc) is 2.57. The normalized spacial score (nSPS) is 14.6. The first-order valence-electron chi connectivity index (χ1n) is 8.16. The Morgan fingerprint density at radius 3 is 2.29 bits per heavy atom. The molecular weight excluding hydrogens is 322 g/mol. The maximum absolute atomic E-state index is 12.4. The fraction of sp³-hybridized carbons (Fsp3) is 0.316. The van der Waals surface area contributed by atoms with E-state index >= 15 is 0 Å². The molecule has 2 aromatic rings. The van der Waals surface area contributed by atoms with E-state index < -0.39 is 0 Å². The lowest BCUT2D eigenvalue weighted by Gasteiger charge is -2.36. The number of amides is 2. The van der Waals surface area contributed by atoms with Gasteiger partial charge >= 0.3 is 6.03 Å². The van der Waals surface area contributed by atoms with E-state index in [1.54, 1.807) is 12.1 Å². The second-order valence-corrected chi connectivity index (χ2v) is 6.64. The number of aryl methyl sites for hydroxylation is 2. The molecular formula is C19H22ClN3O. The van der Waals surface area contributed by atoms with Gasteiger partial charge in [-0.15, -0.1) is 0 Å². The standard InChI is InChI=1S/C19H22ClN3O/c1-14-3-8-18(15(2)13-14)22-9-11-23(12-10-22)19(24)21-17-6-4-16(20)5-7-17/h3-8,13H,9-12H2,1-2H3,(H,21,24). The zero-order valence-electron chi connectivity index (χ0n) is 14.1. The Bertz CT molecular complexity index is 722. The first-order valence-corrected chi connectivity index (χ1v) is 8.54. The maximum Gasteiger partial charge on any atom is 0.321 e. The molecule has 0 aliphatic carbocycles. The van der Waals surface area contributed by atoms with E-state index in [1.165, 1.54) is 16.8 Å². The number of benzene rings is 2. The number of hydrogen-bond donors (Lipinski definition) is 1. The van der Waals surface area contributed by atoms with E-state index in [9.17, 15) is 4.79 Å². The molecule has 0 spiro atoms. The van der Waals surface area contributed by atoms with Crippen molar-refractivity contribution >= 4 is 29.0 Å². The lowest BCUT2D eigenvalue weighted by atomic mass is 10.1. The minimum Gasteiger partial charge on any atom is -0.368 e. The first kappa shape index (κ1) is 16.7. The van der Waals surface area contributed by atoms with Crippen molar-refractivity contribution in [3.8, 4) is 0 Å². The van der Waals surface area contributed by atoms with Gasteiger partial charge in [-0.1, -0.05) is 29.3 Å². The SMILES string of the molecule is Cc1ccc(N2CCN(C(=O)Nc3ccc(Cl)cc3)CC2)c(C)c1. The van der Waals surface area contributed by atoms with Crippen LogP contribution in [0.25, 0.3) is 0 Å². The number of piperazine rings is 1. The molecule has 1 heterocycles. The van der Waals surface area contributed by atoms with Gasteiger partial charge in [-0.05, 0) is 49.7 Å². The van der Waals surface area contributed by atoms with Crippen LogP contribution in [-0.2, 0) is 0 Å². The van der Waals surface area contributed by atoms with Crippen LogP contribution in [0.15, 0.2) is 42.5 Å². The average molecular weight is 344 g/mol. The Hall–Kier alpha value is -2.20. The van der Waals surface area contributed by atoms with Gasteiger partial charge in [-0.2, -0.15) is 0 Å². The molecule has 0 atom stereocenters. The van der Waals surface area contributed by atoms with Gasteiger partial charge in [0.25, 0.3) is 0 Å². The zero-order chi connectivity index (χ0) is 17.1. The number of rotatable bonds is 2. The Morgan fingerprint density at radius 2 is 1.67 bits per heavy atom. The quantitative estimate of drug-likeness (QED) is 0.881. The van der Waals surface area contributed by atoms with Gasteiger partial charge < -0.3 is 15.1 Å². The Balaban J connectivity index is 1.58. The summed E-state index contributed by atoms with van der Waals surface area (Å²) >= 11 is 5.87. The molecule has 0 aromatic heterocycles. The molecule has 126 valence electrons. The molecule has 2 amide bonds. The van der Waals surface area contributed by atoms with Crippen molar-refractivity contribution in [2.24, 2.45) is 0 Å². The van der Waals surface area contributed by atoms with Gasteiger partial charge in [0.1, 0.15) is 0 Å².